The fraction of sp³-hybridized carbons (Fsp3) is 0.444. The van der Waals surface area contributed by atoms with Crippen LogP contribution in [-0.4, -0.2) is 24.4 Å². The van der Waals surface area contributed by atoms with Crippen molar-refractivity contribution in [3.05, 3.63) is 57.8 Å². The highest BCUT2D eigenvalue weighted by molar-refractivity contribution is 7.09. The molecule has 0 saturated heterocycles. The van der Waals surface area contributed by atoms with Crippen LogP contribution >= 0.6 is 11.3 Å². The summed E-state index contributed by atoms with van der Waals surface area (Å²) >= 11 is 1.68. The molecule has 1 aromatic heterocycles. The second kappa shape index (κ2) is 7.88. The van der Waals surface area contributed by atoms with Crippen LogP contribution in [0.1, 0.15) is 34.9 Å². The molecule has 0 bridgehead atoms. The van der Waals surface area contributed by atoms with E-state index in [0.717, 1.165) is 6.42 Å². The van der Waals surface area contributed by atoms with Crippen LogP contribution in [0.15, 0.2) is 41.8 Å². The highest BCUT2D eigenvalue weighted by Gasteiger charge is 2.19. The smallest absolute Gasteiger partial charge is 0.0898 e. The van der Waals surface area contributed by atoms with Crippen LogP contribution in [0.25, 0.3) is 0 Å². The molecular formula is C18H23NO2S. The van der Waals surface area contributed by atoms with E-state index in [1.54, 1.807) is 11.3 Å². The molecule has 0 saturated carbocycles. The summed E-state index contributed by atoms with van der Waals surface area (Å²) < 4.78 is 5.57. The van der Waals surface area contributed by atoms with Crippen molar-refractivity contribution in [2.75, 3.05) is 13.2 Å². The normalized spacial score (nSPS) is 18.9. The summed E-state index contributed by atoms with van der Waals surface area (Å²) in [6.07, 6.45) is 3.05. The molecule has 0 radical (unpaired) electrons. The van der Waals surface area contributed by atoms with Crippen molar-refractivity contribution < 1.29 is 9.84 Å². The molecule has 2 N–H and O–H groups in total. The quantitative estimate of drug-likeness (QED) is 0.823. The van der Waals surface area contributed by atoms with Crippen LogP contribution in [0.5, 0.6) is 0 Å². The van der Waals surface area contributed by atoms with Gasteiger partial charge >= 0.3 is 0 Å². The van der Waals surface area contributed by atoms with Gasteiger partial charge in [-0.1, -0.05) is 30.3 Å². The molecular weight excluding hydrogens is 294 g/mol. The number of rotatable bonds is 7. The van der Waals surface area contributed by atoms with E-state index >= 15 is 0 Å². The van der Waals surface area contributed by atoms with E-state index in [2.05, 4.69) is 29.6 Å². The third kappa shape index (κ3) is 4.17. The summed E-state index contributed by atoms with van der Waals surface area (Å²) in [5, 5.41) is 15.6. The molecule has 1 aromatic carbocycles. The van der Waals surface area contributed by atoms with E-state index in [1.165, 1.54) is 28.8 Å². The number of fused-ring (bicyclic) bond motifs is 1. The number of aliphatic hydroxyl groups is 1. The summed E-state index contributed by atoms with van der Waals surface area (Å²) in [5.74, 6) is 0. The molecule has 1 heterocycles. The Hall–Kier alpha value is -1.20. The fourth-order valence-corrected chi connectivity index (χ4v) is 3.63. The third-order valence-corrected chi connectivity index (χ3v) is 4.95. The van der Waals surface area contributed by atoms with Gasteiger partial charge in [0.15, 0.2) is 0 Å². The topological polar surface area (TPSA) is 41.5 Å². The zero-order valence-electron chi connectivity index (χ0n) is 12.7. The van der Waals surface area contributed by atoms with Crippen LogP contribution in [0.2, 0.25) is 0 Å². The lowest BCUT2D eigenvalue weighted by Gasteiger charge is -2.27. The van der Waals surface area contributed by atoms with Crippen molar-refractivity contribution >= 4 is 11.3 Å². The maximum absolute atomic E-state index is 10.1. The SMILES string of the molecule is O[C@@H](CN[C@H]1CCCc2ccccc21)COCc1cccs1. The molecule has 1 aliphatic rings. The Labute approximate surface area is 136 Å². The molecule has 0 spiro atoms. The molecule has 3 nitrogen and oxygen atoms in total. The zero-order valence-corrected chi connectivity index (χ0v) is 13.5. The van der Waals surface area contributed by atoms with Crippen molar-refractivity contribution in [1.82, 2.24) is 5.32 Å². The van der Waals surface area contributed by atoms with Gasteiger partial charge < -0.3 is 15.2 Å². The largest absolute Gasteiger partial charge is 0.389 e. The van der Waals surface area contributed by atoms with E-state index in [-0.39, 0.29) is 0 Å². The van der Waals surface area contributed by atoms with Crippen LogP contribution in [0.3, 0.4) is 0 Å². The molecule has 4 heteroatoms. The van der Waals surface area contributed by atoms with E-state index in [9.17, 15) is 5.11 Å². The highest BCUT2D eigenvalue weighted by atomic mass is 32.1. The second-order valence-electron chi connectivity index (χ2n) is 5.80. The minimum atomic E-state index is -0.464. The van der Waals surface area contributed by atoms with Crippen molar-refractivity contribution in [3.8, 4) is 0 Å². The van der Waals surface area contributed by atoms with Gasteiger partial charge in [0.25, 0.3) is 0 Å². The second-order valence-corrected chi connectivity index (χ2v) is 6.83. The van der Waals surface area contributed by atoms with E-state index in [4.69, 9.17) is 4.74 Å². The molecule has 0 fully saturated rings. The third-order valence-electron chi connectivity index (χ3n) is 4.10. The predicted octanol–water partition coefficient (Wildman–Crippen LogP) is 3.29. The summed E-state index contributed by atoms with van der Waals surface area (Å²) in [4.78, 5) is 1.20. The lowest BCUT2D eigenvalue weighted by atomic mass is 9.88. The van der Waals surface area contributed by atoms with Gasteiger partial charge in [0.1, 0.15) is 0 Å². The maximum atomic E-state index is 10.1. The average molecular weight is 317 g/mol. The Morgan fingerprint density at radius 3 is 3.05 bits per heavy atom. The Kier molecular flexibility index (Phi) is 5.62. The maximum Gasteiger partial charge on any atom is 0.0898 e. The summed E-state index contributed by atoms with van der Waals surface area (Å²) in [7, 11) is 0. The molecule has 2 aromatic rings. The summed E-state index contributed by atoms with van der Waals surface area (Å²) in [6, 6.07) is 13.0. The number of benzene rings is 1. The first kappa shape index (κ1) is 15.7. The Balaban J connectivity index is 1.42. The highest BCUT2D eigenvalue weighted by Crippen LogP contribution is 2.29. The van der Waals surface area contributed by atoms with Crippen LogP contribution in [-0.2, 0) is 17.8 Å². The number of hydrogen-bond donors (Lipinski definition) is 2. The van der Waals surface area contributed by atoms with Gasteiger partial charge in [0.2, 0.25) is 0 Å². The Morgan fingerprint density at radius 2 is 2.18 bits per heavy atom. The molecule has 22 heavy (non-hydrogen) atoms. The van der Waals surface area contributed by atoms with E-state index < -0.39 is 6.10 Å². The minimum absolute atomic E-state index is 0.358. The Bertz CT molecular complexity index is 570. The van der Waals surface area contributed by atoms with Crippen molar-refractivity contribution in [3.63, 3.8) is 0 Å². The monoisotopic (exact) mass is 317 g/mol. The van der Waals surface area contributed by atoms with Gasteiger partial charge in [-0.3, -0.25) is 0 Å². The molecule has 118 valence electrons. The van der Waals surface area contributed by atoms with E-state index in [1.807, 2.05) is 17.5 Å². The molecule has 1 aliphatic carbocycles. The number of hydrogen-bond acceptors (Lipinski definition) is 4. The fourth-order valence-electron chi connectivity index (χ4n) is 2.99. The van der Waals surface area contributed by atoms with Crippen molar-refractivity contribution in [2.45, 2.75) is 38.0 Å². The number of thiophene rings is 1. The van der Waals surface area contributed by atoms with Gasteiger partial charge in [-0.15, -0.1) is 11.3 Å². The first-order chi connectivity index (χ1) is 10.8. The van der Waals surface area contributed by atoms with Gasteiger partial charge in [0.05, 0.1) is 19.3 Å². The number of ether oxygens (including phenoxy) is 1. The van der Waals surface area contributed by atoms with Crippen LogP contribution < -0.4 is 5.32 Å². The van der Waals surface area contributed by atoms with Gasteiger partial charge in [0, 0.05) is 17.5 Å². The van der Waals surface area contributed by atoms with Crippen molar-refractivity contribution in [2.24, 2.45) is 0 Å². The van der Waals surface area contributed by atoms with Gasteiger partial charge in [-0.05, 0) is 41.8 Å². The molecule has 3 rings (SSSR count). The standard InChI is InChI=1S/C18H23NO2S/c20-15(12-21-13-16-7-4-10-22-16)11-19-18-9-3-6-14-5-1-2-8-17(14)18/h1-2,4-5,7-8,10,15,18-20H,3,6,9,11-13H2/t15-,18-/m0/s1. The lowest BCUT2D eigenvalue weighted by Crippen LogP contribution is -2.34. The van der Waals surface area contributed by atoms with Crippen molar-refractivity contribution in [1.29, 1.82) is 0 Å². The number of nitrogens with one attached hydrogen (secondary N) is 1. The average Bonchev–Trinajstić information content (AvgIpc) is 3.06. The summed E-state index contributed by atoms with van der Waals surface area (Å²) in [5.41, 5.74) is 2.83. The van der Waals surface area contributed by atoms with Crippen LogP contribution in [0, 0.1) is 0 Å². The predicted molar refractivity (Wildman–Crippen MR) is 90.1 cm³/mol. The molecule has 0 unspecified atom stereocenters. The molecule has 0 aliphatic heterocycles. The van der Waals surface area contributed by atoms with Gasteiger partial charge in [-0.2, -0.15) is 0 Å². The molecule has 0 amide bonds. The minimum Gasteiger partial charge on any atom is -0.389 e. The molecule has 2 atom stereocenters. The van der Waals surface area contributed by atoms with E-state index in [0.29, 0.717) is 25.8 Å². The lowest BCUT2D eigenvalue weighted by molar-refractivity contribution is 0.0283. The van der Waals surface area contributed by atoms with Gasteiger partial charge in [-0.25, -0.2) is 0 Å². The number of aliphatic hydroxyl groups excluding tert-OH is 1. The van der Waals surface area contributed by atoms with Crippen LogP contribution in [0.4, 0.5) is 0 Å². The summed E-state index contributed by atoms with van der Waals surface area (Å²) in [6.45, 7) is 1.53. The zero-order chi connectivity index (χ0) is 15.2. The number of aryl methyl sites for hydroxylation is 1. The first-order valence-electron chi connectivity index (χ1n) is 7.92. The Morgan fingerprint density at radius 1 is 1.27 bits per heavy atom. The first-order valence-corrected chi connectivity index (χ1v) is 8.80.